The van der Waals surface area contributed by atoms with Crippen LogP contribution in [0, 0.1) is 0 Å². The van der Waals surface area contributed by atoms with E-state index in [2.05, 4.69) is 10.6 Å². The summed E-state index contributed by atoms with van der Waals surface area (Å²) in [6.45, 7) is 1.76. The molecule has 20 heavy (non-hydrogen) atoms. The van der Waals surface area contributed by atoms with E-state index >= 15 is 0 Å². The summed E-state index contributed by atoms with van der Waals surface area (Å²) < 4.78 is 5.04. The summed E-state index contributed by atoms with van der Waals surface area (Å²) in [6.07, 6.45) is 1.43. The van der Waals surface area contributed by atoms with Crippen LogP contribution in [0.15, 0.2) is 24.3 Å². The zero-order valence-electron chi connectivity index (χ0n) is 11.6. The fraction of sp³-hybridized carbons (Fsp3) is 0.467. The van der Waals surface area contributed by atoms with Crippen molar-refractivity contribution in [1.82, 2.24) is 10.6 Å². The Morgan fingerprint density at radius 3 is 2.65 bits per heavy atom. The lowest BCUT2D eigenvalue weighted by Gasteiger charge is -2.10. The predicted molar refractivity (Wildman–Crippen MR) is 76.0 cm³/mol. The first-order valence-electron chi connectivity index (χ1n) is 6.86. The standard InChI is InChI=1S/C15H20N2O3/c1-20-13-4-2-11(3-5-13)14(18)6-7-15(19)17-12-8-9-16-10-12/h2-5,12,16H,6-10H2,1H3,(H,17,19). The average Bonchev–Trinajstić information content (AvgIpc) is 2.97. The first-order chi connectivity index (χ1) is 9.69. The Morgan fingerprint density at radius 2 is 2.05 bits per heavy atom. The van der Waals surface area contributed by atoms with Crippen LogP contribution in [0.3, 0.4) is 0 Å². The lowest BCUT2D eigenvalue weighted by molar-refractivity contribution is -0.121. The fourth-order valence-electron chi connectivity index (χ4n) is 2.23. The largest absolute Gasteiger partial charge is 0.497 e. The van der Waals surface area contributed by atoms with Crippen LogP contribution in [0.2, 0.25) is 0 Å². The van der Waals surface area contributed by atoms with Crippen LogP contribution >= 0.6 is 0 Å². The number of amides is 1. The molecule has 1 aromatic carbocycles. The van der Waals surface area contributed by atoms with Crippen molar-refractivity contribution in [2.24, 2.45) is 0 Å². The molecule has 2 N–H and O–H groups in total. The number of nitrogens with one attached hydrogen (secondary N) is 2. The van der Waals surface area contributed by atoms with Gasteiger partial charge in [-0.25, -0.2) is 0 Å². The summed E-state index contributed by atoms with van der Waals surface area (Å²) in [4.78, 5) is 23.7. The van der Waals surface area contributed by atoms with Gasteiger partial charge in [0.15, 0.2) is 5.78 Å². The smallest absolute Gasteiger partial charge is 0.220 e. The molecule has 5 heteroatoms. The van der Waals surface area contributed by atoms with Gasteiger partial charge in [0.1, 0.15) is 5.75 Å². The second-order valence-electron chi connectivity index (χ2n) is 4.91. The van der Waals surface area contributed by atoms with Gasteiger partial charge < -0.3 is 15.4 Å². The fourth-order valence-corrected chi connectivity index (χ4v) is 2.23. The van der Waals surface area contributed by atoms with Crippen molar-refractivity contribution in [3.63, 3.8) is 0 Å². The van der Waals surface area contributed by atoms with Crippen molar-refractivity contribution in [3.05, 3.63) is 29.8 Å². The van der Waals surface area contributed by atoms with Gasteiger partial charge in [-0.2, -0.15) is 0 Å². The maximum atomic E-state index is 12.0. The summed E-state index contributed by atoms with van der Waals surface area (Å²) in [5.41, 5.74) is 0.612. The Kier molecular flexibility index (Phi) is 5.12. The van der Waals surface area contributed by atoms with Crippen molar-refractivity contribution >= 4 is 11.7 Å². The molecule has 1 aliphatic heterocycles. The van der Waals surface area contributed by atoms with Crippen LogP contribution < -0.4 is 15.4 Å². The number of Topliss-reactive ketones (excluding diaryl/α,β-unsaturated/α-hetero) is 1. The molecule has 0 spiro atoms. The van der Waals surface area contributed by atoms with Gasteiger partial charge in [0.2, 0.25) is 5.91 Å². The maximum absolute atomic E-state index is 12.0. The maximum Gasteiger partial charge on any atom is 0.220 e. The molecular formula is C15H20N2O3. The van der Waals surface area contributed by atoms with Gasteiger partial charge in [-0.05, 0) is 37.2 Å². The van der Waals surface area contributed by atoms with Crippen LogP contribution in [-0.2, 0) is 4.79 Å². The number of ether oxygens (including phenoxy) is 1. The zero-order chi connectivity index (χ0) is 14.4. The Labute approximate surface area is 118 Å². The minimum absolute atomic E-state index is 0.0210. The van der Waals surface area contributed by atoms with Crippen molar-refractivity contribution in [1.29, 1.82) is 0 Å². The molecule has 1 amide bonds. The van der Waals surface area contributed by atoms with Crippen molar-refractivity contribution in [2.45, 2.75) is 25.3 Å². The molecule has 5 nitrogen and oxygen atoms in total. The van der Waals surface area contributed by atoms with Crippen LogP contribution in [0.1, 0.15) is 29.6 Å². The normalized spacial score (nSPS) is 17.8. The number of ketones is 1. The third-order valence-electron chi connectivity index (χ3n) is 3.42. The molecule has 1 aliphatic rings. The van der Waals surface area contributed by atoms with E-state index in [0.717, 1.165) is 19.5 Å². The van der Waals surface area contributed by atoms with E-state index < -0.39 is 0 Å². The third kappa shape index (κ3) is 4.06. The molecule has 1 heterocycles. The Bertz CT molecular complexity index is 465. The van der Waals surface area contributed by atoms with Crippen LogP contribution in [0.4, 0.5) is 0 Å². The Hall–Kier alpha value is -1.88. The molecule has 1 unspecified atom stereocenters. The molecule has 1 saturated heterocycles. The minimum atomic E-state index is -0.0550. The second kappa shape index (κ2) is 7.05. The van der Waals surface area contributed by atoms with Crippen molar-refractivity contribution in [3.8, 4) is 5.75 Å². The number of hydrogen-bond acceptors (Lipinski definition) is 4. The van der Waals surface area contributed by atoms with Crippen LogP contribution in [-0.4, -0.2) is 37.9 Å². The summed E-state index contributed by atoms with van der Waals surface area (Å²) in [6, 6.07) is 7.15. The first-order valence-corrected chi connectivity index (χ1v) is 6.86. The van der Waals surface area contributed by atoms with Gasteiger partial charge in [-0.15, -0.1) is 0 Å². The van der Waals surface area contributed by atoms with E-state index in [1.54, 1.807) is 31.4 Å². The number of carbonyl (C=O) groups excluding carboxylic acids is 2. The van der Waals surface area contributed by atoms with E-state index in [4.69, 9.17) is 4.74 Å². The Balaban J connectivity index is 1.77. The molecule has 1 aromatic rings. The van der Waals surface area contributed by atoms with Crippen molar-refractivity contribution in [2.75, 3.05) is 20.2 Å². The summed E-state index contributed by atoms with van der Waals surface area (Å²) >= 11 is 0. The number of hydrogen-bond donors (Lipinski definition) is 2. The van der Waals surface area contributed by atoms with E-state index in [1.807, 2.05) is 0 Å². The van der Waals surface area contributed by atoms with Gasteiger partial charge in [0, 0.05) is 31.0 Å². The van der Waals surface area contributed by atoms with E-state index in [-0.39, 0.29) is 30.6 Å². The van der Waals surface area contributed by atoms with Gasteiger partial charge in [-0.1, -0.05) is 0 Å². The van der Waals surface area contributed by atoms with E-state index in [0.29, 0.717) is 11.3 Å². The molecule has 0 bridgehead atoms. The molecule has 0 saturated carbocycles. The molecule has 2 rings (SSSR count). The average molecular weight is 276 g/mol. The molecule has 0 aromatic heterocycles. The van der Waals surface area contributed by atoms with Crippen molar-refractivity contribution < 1.29 is 14.3 Å². The summed E-state index contributed by atoms with van der Waals surface area (Å²) in [5.74, 6) is 0.640. The zero-order valence-corrected chi connectivity index (χ0v) is 11.6. The summed E-state index contributed by atoms with van der Waals surface area (Å²) in [7, 11) is 1.58. The van der Waals surface area contributed by atoms with E-state index in [9.17, 15) is 9.59 Å². The number of rotatable bonds is 6. The molecular weight excluding hydrogens is 256 g/mol. The van der Waals surface area contributed by atoms with Crippen LogP contribution in [0.25, 0.3) is 0 Å². The SMILES string of the molecule is COc1ccc(C(=O)CCC(=O)NC2CCNC2)cc1. The molecule has 0 radical (unpaired) electrons. The van der Waals surface area contributed by atoms with Crippen LogP contribution in [0.5, 0.6) is 5.75 Å². The Morgan fingerprint density at radius 1 is 1.30 bits per heavy atom. The molecule has 1 fully saturated rings. The summed E-state index contributed by atoms with van der Waals surface area (Å²) in [5, 5.41) is 6.12. The quantitative estimate of drug-likeness (QED) is 0.765. The highest BCUT2D eigenvalue weighted by molar-refractivity contribution is 5.98. The minimum Gasteiger partial charge on any atom is -0.497 e. The highest BCUT2D eigenvalue weighted by atomic mass is 16.5. The molecule has 108 valence electrons. The monoisotopic (exact) mass is 276 g/mol. The lowest BCUT2D eigenvalue weighted by Crippen LogP contribution is -2.36. The highest BCUT2D eigenvalue weighted by Gasteiger charge is 2.17. The van der Waals surface area contributed by atoms with Gasteiger partial charge in [0.25, 0.3) is 0 Å². The third-order valence-corrected chi connectivity index (χ3v) is 3.42. The molecule has 0 aliphatic carbocycles. The first kappa shape index (κ1) is 14.5. The number of benzene rings is 1. The number of carbonyl (C=O) groups is 2. The lowest BCUT2D eigenvalue weighted by atomic mass is 10.1. The number of methoxy groups -OCH3 is 1. The van der Waals surface area contributed by atoms with Gasteiger partial charge >= 0.3 is 0 Å². The van der Waals surface area contributed by atoms with Gasteiger partial charge in [-0.3, -0.25) is 9.59 Å². The predicted octanol–water partition coefficient (Wildman–Crippen LogP) is 1.14. The highest BCUT2D eigenvalue weighted by Crippen LogP contribution is 2.13. The van der Waals surface area contributed by atoms with E-state index in [1.165, 1.54) is 0 Å². The molecule has 1 atom stereocenters. The second-order valence-corrected chi connectivity index (χ2v) is 4.91. The van der Waals surface area contributed by atoms with Gasteiger partial charge in [0.05, 0.1) is 7.11 Å². The topological polar surface area (TPSA) is 67.4 Å².